The third kappa shape index (κ3) is 4.47. The Morgan fingerprint density at radius 1 is 1.10 bits per heavy atom. The summed E-state index contributed by atoms with van der Waals surface area (Å²) >= 11 is 0. The molecule has 2 heterocycles. The Bertz CT molecular complexity index is 1060. The van der Waals surface area contributed by atoms with Crippen LogP contribution in [0.3, 0.4) is 0 Å². The van der Waals surface area contributed by atoms with E-state index in [1.165, 1.54) is 11.2 Å². The van der Waals surface area contributed by atoms with Crippen molar-refractivity contribution in [2.45, 2.75) is 12.1 Å². The first-order valence-corrected chi connectivity index (χ1v) is 9.31. The maximum atomic E-state index is 12.6. The summed E-state index contributed by atoms with van der Waals surface area (Å²) in [5.41, 5.74) is 1.50. The number of carboxylic acid groups (broad SMARTS) is 1. The molecule has 0 spiro atoms. The second kappa shape index (κ2) is 8.57. The Labute approximate surface area is 176 Å². The lowest BCUT2D eigenvalue weighted by atomic mass is 10.0. The van der Waals surface area contributed by atoms with E-state index in [4.69, 9.17) is 9.84 Å². The number of hydrogen-bond donors (Lipinski definition) is 2. The largest absolute Gasteiger partial charge is 0.480 e. The molecule has 4 rings (SSSR count). The molecule has 0 fully saturated rings. The lowest BCUT2D eigenvalue weighted by molar-refractivity contribution is -0.136. The highest BCUT2D eigenvalue weighted by atomic mass is 16.6. The van der Waals surface area contributed by atoms with Crippen LogP contribution in [0.5, 0.6) is 0 Å². The predicted octanol–water partition coefficient (Wildman–Crippen LogP) is 1.59. The molecular formula is C21H17N5O5. The van der Waals surface area contributed by atoms with Gasteiger partial charge in [0.1, 0.15) is 12.4 Å². The minimum atomic E-state index is -1.12. The van der Waals surface area contributed by atoms with Gasteiger partial charge >= 0.3 is 12.1 Å². The zero-order chi connectivity index (χ0) is 21.8. The van der Waals surface area contributed by atoms with Gasteiger partial charge < -0.3 is 14.7 Å². The number of benzene rings is 2. The fourth-order valence-corrected chi connectivity index (χ4v) is 3.17. The Hall–Kier alpha value is -4.34. The summed E-state index contributed by atoms with van der Waals surface area (Å²) in [7, 11) is 0. The average Bonchev–Trinajstić information content (AvgIpc) is 3.16. The van der Waals surface area contributed by atoms with Crippen molar-refractivity contribution in [1.29, 1.82) is 0 Å². The van der Waals surface area contributed by atoms with E-state index >= 15 is 0 Å². The van der Waals surface area contributed by atoms with Crippen LogP contribution < -0.4 is 5.32 Å². The van der Waals surface area contributed by atoms with Crippen LogP contribution >= 0.6 is 0 Å². The lowest BCUT2D eigenvalue weighted by Crippen LogP contribution is -2.49. The van der Waals surface area contributed by atoms with Crippen LogP contribution in [0.15, 0.2) is 75.6 Å². The van der Waals surface area contributed by atoms with Crippen LogP contribution in [0, 0.1) is 0 Å². The third-order valence-corrected chi connectivity index (χ3v) is 4.52. The summed E-state index contributed by atoms with van der Waals surface area (Å²) in [5, 5.41) is 11.4. The minimum absolute atomic E-state index is 0.0837. The summed E-state index contributed by atoms with van der Waals surface area (Å²) in [6, 6.07) is 17.3. The zero-order valence-corrected chi connectivity index (χ0v) is 16.1. The SMILES string of the molecule is O=C(O)CN1C=NC2C(=O)N/C(=N/C(=O)OC(c3ccccc3)c3ccccc3)N=C21. The standard InChI is InChI=1S/C21H17N5O5/c27-15(28)11-26-12-22-16-18(26)23-20(24-19(16)29)25-21(30)31-17(13-7-3-1-4-8-13)14-9-5-2-6-10-14/h1-10,12,16-17H,11H2,(H,27,28)(H,24,25,29,30). The average molecular weight is 419 g/mol. The number of amides is 2. The summed E-state index contributed by atoms with van der Waals surface area (Å²) in [6.07, 6.45) is -0.448. The number of aliphatic imine (C=N–C) groups is 3. The molecule has 2 aromatic carbocycles. The maximum Gasteiger partial charge on any atom is 0.437 e. The first kappa shape index (κ1) is 20.0. The molecule has 2 N–H and O–H groups in total. The summed E-state index contributed by atoms with van der Waals surface area (Å²) in [5.74, 6) is -1.89. The van der Waals surface area contributed by atoms with Crippen molar-refractivity contribution in [3.05, 3.63) is 71.8 Å². The molecule has 0 saturated carbocycles. The maximum absolute atomic E-state index is 12.6. The van der Waals surface area contributed by atoms with Crippen molar-refractivity contribution in [3.8, 4) is 0 Å². The summed E-state index contributed by atoms with van der Waals surface area (Å²) in [6.45, 7) is -0.423. The minimum Gasteiger partial charge on any atom is -0.480 e. The van der Waals surface area contributed by atoms with Gasteiger partial charge in [0.05, 0.1) is 6.34 Å². The molecule has 2 aromatic rings. The molecule has 2 aliphatic heterocycles. The van der Waals surface area contributed by atoms with Crippen LogP contribution in [-0.4, -0.2) is 58.7 Å². The van der Waals surface area contributed by atoms with E-state index < -0.39 is 36.7 Å². The number of fused-ring (bicyclic) bond motifs is 1. The van der Waals surface area contributed by atoms with Gasteiger partial charge in [0, 0.05) is 0 Å². The van der Waals surface area contributed by atoms with Gasteiger partial charge in [-0.3, -0.25) is 19.9 Å². The first-order chi connectivity index (χ1) is 15.0. The highest BCUT2D eigenvalue weighted by Crippen LogP contribution is 2.26. The molecule has 2 amide bonds. The number of carboxylic acids is 1. The number of ether oxygens (including phenoxy) is 1. The second-order valence-corrected chi connectivity index (χ2v) is 6.67. The molecule has 0 bridgehead atoms. The summed E-state index contributed by atoms with van der Waals surface area (Å²) < 4.78 is 5.58. The van der Waals surface area contributed by atoms with Crippen LogP contribution in [0.4, 0.5) is 4.79 Å². The van der Waals surface area contributed by atoms with Gasteiger partial charge in [-0.25, -0.2) is 4.79 Å². The smallest absolute Gasteiger partial charge is 0.437 e. The zero-order valence-electron chi connectivity index (χ0n) is 16.1. The van der Waals surface area contributed by atoms with Gasteiger partial charge in [0.25, 0.3) is 5.91 Å². The van der Waals surface area contributed by atoms with Crippen LogP contribution in [-0.2, 0) is 14.3 Å². The van der Waals surface area contributed by atoms with E-state index in [0.29, 0.717) is 0 Å². The van der Waals surface area contributed by atoms with E-state index in [2.05, 4.69) is 20.3 Å². The van der Waals surface area contributed by atoms with Crippen molar-refractivity contribution in [2.24, 2.45) is 15.0 Å². The number of amidine groups is 1. The predicted molar refractivity (Wildman–Crippen MR) is 111 cm³/mol. The molecule has 10 heteroatoms. The van der Waals surface area contributed by atoms with Gasteiger partial charge in [-0.2, -0.15) is 4.99 Å². The van der Waals surface area contributed by atoms with Gasteiger partial charge in [-0.05, 0) is 11.1 Å². The Morgan fingerprint density at radius 3 is 2.29 bits per heavy atom. The van der Waals surface area contributed by atoms with Crippen molar-refractivity contribution in [3.63, 3.8) is 0 Å². The van der Waals surface area contributed by atoms with E-state index in [1.807, 2.05) is 60.7 Å². The molecule has 31 heavy (non-hydrogen) atoms. The number of carbonyl (C=O) groups is 3. The fourth-order valence-electron chi connectivity index (χ4n) is 3.17. The Morgan fingerprint density at radius 2 is 1.71 bits per heavy atom. The van der Waals surface area contributed by atoms with Crippen LogP contribution in [0.2, 0.25) is 0 Å². The molecular weight excluding hydrogens is 402 g/mol. The molecule has 2 aliphatic rings. The second-order valence-electron chi connectivity index (χ2n) is 6.67. The highest BCUT2D eigenvalue weighted by Gasteiger charge is 2.37. The van der Waals surface area contributed by atoms with Gasteiger partial charge in [0.15, 0.2) is 12.1 Å². The van der Waals surface area contributed by atoms with Gasteiger partial charge in [-0.1, -0.05) is 60.7 Å². The van der Waals surface area contributed by atoms with Gasteiger partial charge in [-0.15, -0.1) is 4.99 Å². The topological polar surface area (TPSA) is 133 Å². The molecule has 1 unspecified atom stereocenters. The molecule has 156 valence electrons. The number of nitrogens with one attached hydrogen (secondary N) is 1. The monoisotopic (exact) mass is 419 g/mol. The molecule has 0 aromatic heterocycles. The van der Waals surface area contributed by atoms with E-state index in [0.717, 1.165) is 11.1 Å². The Balaban J connectivity index is 1.58. The Kier molecular flexibility index (Phi) is 5.52. The number of rotatable bonds is 5. The molecule has 0 aliphatic carbocycles. The van der Waals surface area contributed by atoms with Crippen LogP contribution in [0.25, 0.3) is 0 Å². The van der Waals surface area contributed by atoms with E-state index in [9.17, 15) is 14.4 Å². The molecule has 1 atom stereocenters. The van der Waals surface area contributed by atoms with Crippen molar-refractivity contribution < 1.29 is 24.2 Å². The van der Waals surface area contributed by atoms with Crippen molar-refractivity contribution in [1.82, 2.24) is 10.2 Å². The molecule has 0 saturated heterocycles. The van der Waals surface area contributed by atoms with Crippen molar-refractivity contribution in [2.75, 3.05) is 6.54 Å². The highest BCUT2D eigenvalue weighted by molar-refractivity contribution is 6.24. The summed E-state index contributed by atoms with van der Waals surface area (Å²) in [4.78, 5) is 48.8. The number of aliphatic carboxylic acids is 1. The number of hydrogen-bond acceptors (Lipinski definition) is 6. The molecule has 10 nitrogen and oxygen atoms in total. The number of nitrogens with zero attached hydrogens (tertiary/aromatic N) is 4. The number of carbonyl (C=O) groups excluding carboxylic acids is 2. The van der Waals surface area contributed by atoms with Gasteiger partial charge in [0.2, 0.25) is 5.96 Å². The quantitative estimate of drug-likeness (QED) is 0.756. The lowest BCUT2D eigenvalue weighted by Gasteiger charge is -2.21. The first-order valence-electron chi connectivity index (χ1n) is 9.31. The molecule has 0 radical (unpaired) electrons. The number of guanidine groups is 1. The van der Waals surface area contributed by atoms with Crippen molar-refractivity contribution >= 4 is 36.1 Å². The fraction of sp³-hybridized carbons (Fsp3) is 0.143. The van der Waals surface area contributed by atoms with E-state index in [-0.39, 0.29) is 11.8 Å². The van der Waals surface area contributed by atoms with Crippen LogP contribution in [0.1, 0.15) is 17.2 Å². The van der Waals surface area contributed by atoms with E-state index in [1.54, 1.807) is 0 Å². The normalized spacial score (nSPS) is 18.5. The third-order valence-electron chi connectivity index (χ3n) is 4.52.